The average molecular weight is 393 g/mol. The Hall–Kier alpha value is -2.43. The number of halogens is 1. The van der Waals surface area contributed by atoms with E-state index >= 15 is 0 Å². The number of nitrogens with zero attached hydrogens (tertiary/aromatic N) is 3. The number of hydrogen-bond acceptors (Lipinski definition) is 4. The van der Waals surface area contributed by atoms with Gasteiger partial charge in [0.05, 0.1) is 5.69 Å². The van der Waals surface area contributed by atoms with Crippen molar-refractivity contribution in [3.8, 4) is 11.3 Å². The lowest BCUT2D eigenvalue weighted by atomic mass is 9.78. The summed E-state index contributed by atoms with van der Waals surface area (Å²) in [6.07, 6.45) is 3.88. The highest BCUT2D eigenvalue weighted by Gasteiger charge is 2.28. The summed E-state index contributed by atoms with van der Waals surface area (Å²) in [4.78, 5) is 11.6. The Morgan fingerprint density at radius 3 is 2.61 bits per heavy atom. The molecule has 1 N–H and O–H groups in total. The van der Waals surface area contributed by atoms with Crippen LogP contribution in [0.1, 0.15) is 29.0 Å². The summed E-state index contributed by atoms with van der Waals surface area (Å²) in [7, 11) is 4.17. The molecule has 0 radical (unpaired) electrons. The molecule has 0 aliphatic heterocycles. The van der Waals surface area contributed by atoms with Crippen LogP contribution in [0.4, 0.5) is 5.95 Å². The van der Waals surface area contributed by atoms with Gasteiger partial charge in [-0.15, -0.1) is 0 Å². The van der Waals surface area contributed by atoms with Crippen molar-refractivity contribution in [2.24, 2.45) is 0 Å². The first-order valence-corrected chi connectivity index (χ1v) is 10.1. The predicted octanol–water partition coefficient (Wildman–Crippen LogP) is 4.85. The van der Waals surface area contributed by atoms with Crippen molar-refractivity contribution >= 4 is 17.5 Å². The fraction of sp³-hybridized carbons (Fsp3) is 0.304. The number of anilines is 1. The number of hydrogen-bond donors (Lipinski definition) is 1. The minimum Gasteiger partial charge on any atom is -0.354 e. The Morgan fingerprint density at radius 1 is 1.07 bits per heavy atom. The Kier molecular flexibility index (Phi) is 5.60. The summed E-state index contributed by atoms with van der Waals surface area (Å²) in [6, 6.07) is 16.6. The van der Waals surface area contributed by atoms with Gasteiger partial charge in [-0.2, -0.15) is 0 Å². The first-order chi connectivity index (χ1) is 13.6. The maximum Gasteiger partial charge on any atom is 0.223 e. The van der Waals surface area contributed by atoms with E-state index in [4.69, 9.17) is 16.6 Å². The van der Waals surface area contributed by atoms with Crippen LogP contribution < -0.4 is 5.32 Å². The normalized spacial score (nSPS) is 15.2. The van der Waals surface area contributed by atoms with E-state index in [0.29, 0.717) is 5.95 Å². The Morgan fingerprint density at radius 2 is 1.82 bits per heavy atom. The molecule has 2 aromatic carbocycles. The van der Waals surface area contributed by atoms with Crippen LogP contribution in [0.5, 0.6) is 0 Å². The third-order valence-corrected chi connectivity index (χ3v) is 5.57. The van der Waals surface area contributed by atoms with Crippen molar-refractivity contribution in [2.45, 2.75) is 18.8 Å². The molecule has 1 atom stereocenters. The number of aromatic nitrogens is 2. The summed E-state index contributed by atoms with van der Waals surface area (Å²) in [5.74, 6) is 0.920. The molecule has 1 heterocycles. The lowest BCUT2D eigenvalue weighted by Crippen LogP contribution is -2.18. The molecule has 5 heteroatoms. The maximum absolute atomic E-state index is 6.52. The van der Waals surface area contributed by atoms with Gasteiger partial charge in [-0.25, -0.2) is 9.97 Å². The molecule has 1 aliphatic carbocycles. The van der Waals surface area contributed by atoms with E-state index < -0.39 is 0 Å². The third kappa shape index (κ3) is 3.89. The zero-order chi connectivity index (χ0) is 19.5. The highest BCUT2D eigenvalue weighted by Crippen LogP contribution is 2.43. The molecule has 0 amide bonds. The van der Waals surface area contributed by atoms with E-state index in [1.54, 1.807) is 0 Å². The molecular weight excluding hydrogens is 368 g/mol. The van der Waals surface area contributed by atoms with E-state index in [1.165, 1.54) is 16.7 Å². The van der Waals surface area contributed by atoms with Gasteiger partial charge in [0.1, 0.15) is 0 Å². The second-order valence-electron chi connectivity index (χ2n) is 7.52. The van der Waals surface area contributed by atoms with Gasteiger partial charge in [0.25, 0.3) is 0 Å². The van der Waals surface area contributed by atoms with Gasteiger partial charge in [-0.05, 0) is 56.2 Å². The molecule has 28 heavy (non-hydrogen) atoms. The minimum atomic E-state index is 0.222. The molecule has 4 nitrogen and oxygen atoms in total. The number of benzene rings is 2. The fourth-order valence-electron chi connectivity index (χ4n) is 3.85. The molecule has 0 spiro atoms. The average Bonchev–Trinajstić information content (AvgIpc) is 2.71. The first-order valence-electron chi connectivity index (χ1n) is 9.71. The van der Waals surface area contributed by atoms with Crippen molar-refractivity contribution in [1.29, 1.82) is 0 Å². The van der Waals surface area contributed by atoms with Gasteiger partial charge in [-0.1, -0.05) is 54.1 Å². The van der Waals surface area contributed by atoms with Crippen LogP contribution in [0, 0.1) is 0 Å². The lowest BCUT2D eigenvalue weighted by Gasteiger charge is -2.28. The summed E-state index contributed by atoms with van der Waals surface area (Å²) in [6.45, 7) is 1.90. The van der Waals surface area contributed by atoms with Crippen LogP contribution in [0.3, 0.4) is 0 Å². The molecule has 1 aromatic heterocycles. The third-order valence-electron chi connectivity index (χ3n) is 5.23. The zero-order valence-electron chi connectivity index (χ0n) is 16.3. The highest BCUT2D eigenvalue weighted by atomic mass is 35.5. The van der Waals surface area contributed by atoms with Crippen molar-refractivity contribution in [3.63, 3.8) is 0 Å². The predicted molar refractivity (Wildman–Crippen MR) is 116 cm³/mol. The first kappa shape index (κ1) is 18.9. The zero-order valence-corrected chi connectivity index (χ0v) is 17.1. The van der Waals surface area contributed by atoms with Crippen LogP contribution in [0.15, 0.2) is 54.7 Å². The monoisotopic (exact) mass is 392 g/mol. The molecule has 4 rings (SSSR count). The van der Waals surface area contributed by atoms with Crippen LogP contribution in [0.25, 0.3) is 11.3 Å². The molecule has 0 saturated heterocycles. The number of fused-ring (bicyclic) bond motifs is 3. The van der Waals surface area contributed by atoms with Gasteiger partial charge in [0.15, 0.2) is 0 Å². The second kappa shape index (κ2) is 8.29. The lowest BCUT2D eigenvalue weighted by molar-refractivity contribution is 0.405. The smallest absolute Gasteiger partial charge is 0.223 e. The van der Waals surface area contributed by atoms with Crippen LogP contribution >= 0.6 is 11.6 Å². The van der Waals surface area contributed by atoms with E-state index in [2.05, 4.69) is 65.7 Å². The largest absolute Gasteiger partial charge is 0.354 e. The number of nitrogens with one attached hydrogen (secondary N) is 1. The van der Waals surface area contributed by atoms with Gasteiger partial charge in [0, 0.05) is 29.2 Å². The number of rotatable bonds is 6. The quantitative estimate of drug-likeness (QED) is 0.609. The Bertz CT molecular complexity index is 970. The summed E-state index contributed by atoms with van der Waals surface area (Å²) in [5.41, 5.74) is 5.81. The van der Waals surface area contributed by atoms with Crippen LogP contribution in [-0.2, 0) is 6.42 Å². The van der Waals surface area contributed by atoms with Crippen LogP contribution in [-0.4, -0.2) is 42.1 Å². The minimum absolute atomic E-state index is 0.222. The van der Waals surface area contributed by atoms with Gasteiger partial charge in [-0.3, -0.25) is 0 Å². The molecule has 0 saturated carbocycles. The standard InChI is InChI=1S/C23H25ClN4/c1-28(2)13-7-12-25-23-26-15-16-14-20(18-9-5-6-11-21(18)24)17-8-3-4-10-19(17)22(16)27-23/h3-6,8-11,15,20H,7,12-14H2,1-2H3,(H,25,26,27). The molecule has 1 aliphatic rings. The van der Waals surface area contributed by atoms with Crippen LogP contribution in [0.2, 0.25) is 5.02 Å². The summed E-state index contributed by atoms with van der Waals surface area (Å²) < 4.78 is 0. The second-order valence-corrected chi connectivity index (χ2v) is 7.92. The van der Waals surface area contributed by atoms with Gasteiger partial charge < -0.3 is 10.2 Å². The summed E-state index contributed by atoms with van der Waals surface area (Å²) in [5, 5.41) is 4.17. The van der Waals surface area contributed by atoms with E-state index in [1.807, 2.05) is 18.3 Å². The summed E-state index contributed by atoms with van der Waals surface area (Å²) >= 11 is 6.52. The van der Waals surface area contributed by atoms with E-state index in [9.17, 15) is 0 Å². The molecule has 0 bridgehead atoms. The highest BCUT2D eigenvalue weighted by molar-refractivity contribution is 6.31. The van der Waals surface area contributed by atoms with Crippen molar-refractivity contribution < 1.29 is 0 Å². The fourth-order valence-corrected chi connectivity index (χ4v) is 4.12. The van der Waals surface area contributed by atoms with Crippen molar-refractivity contribution in [2.75, 3.05) is 32.5 Å². The Balaban J connectivity index is 1.64. The van der Waals surface area contributed by atoms with Gasteiger partial charge in [0.2, 0.25) is 5.95 Å². The molecule has 0 fully saturated rings. The van der Waals surface area contributed by atoms with E-state index in [-0.39, 0.29) is 5.92 Å². The van der Waals surface area contributed by atoms with Crippen molar-refractivity contribution in [3.05, 3.63) is 76.4 Å². The molecular formula is C23H25ClN4. The molecule has 3 aromatic rings. The van der Waals surface area contributed by atoms with Gasteiger partial charge >= 0.3 is 0 Å². The molecule has 1 unspecified atom stereocenters. The topological polar surface area (TPSA) is 41.0 Å². The maximum atomic E-state index is 6.52. The molecule has 144 valence electrons. The SMILES string of the molecule is CN(C)CCCNc1ncc2c(n1)-c1ccccc1C(c1ccccc1Cl)C2. The van der Waals surface area contributed by atoms with E-state index in [0.717, 1.165) is 42.2 Å². The van der Waals surface area contributed by atoms with Crippen molar-refractivity contribution in [1.82, 2.24) is 14.9 Å². The Labute approximate surface area is 171 Å².